The maximum atomic E-state index is 13.0. The van der Waals surface area contributed by atoms with Gasteiger partial charge in [0.15, 0.2) is 5.82 Å². The Labute approximate surface area is 199 Å². The Hall–Kier alpha value is -3.42. The summed E-state index contributed by atoms with van der Waals surface area (Å²) in [5.41, 5.74) is -0.979. The van der Waals surface area contributed by atoms with Crippen LogP contribution in [0.15, 0.2) is 35.5 Å². The van der Waals surface area contributed by atoms with Crippen molar-refractivity contribution in [2.24, 2.45) is 12.5 Å². The van der Waals surface area contributed by atoms with Gasteiger partial charge in [0, 0.05) is 19.3 Å². The van der Waals surface area contributed by atoms with E-state index in [1.54, 1.807) is 14.0 Å². The van der Waals surface area contributed by atoms with E-state index < -0.39 is 27.5 Å². The van der Waals surface area contributed by atoms with E-state index in [1.165, 1.54) is 40.7 Å². The van der Waals surface area contributed by atoms with Gasteiger partial charge in [-0.3, -0.25) is 9.48 Å². The molecule has 3 heterocycles. The highest BCUT2D eigenvalue weighted by Gasteiger charge is 2.62. The van der Waals surface area contributed by atoms with Crippen LogP contribution in [-0.4, -0.2) is 51.7 Å². The molecule has 0 saturated heterocycles. The number of carbonyl (C=O) groups excluding carboxylic acids is 1. The quantitative estimate of drug-likeness (QED) is 0.493. The summed E-state index contributed by atoms with van der Waals surface area (Å²) >= 11 is 0. The van der Waals surface area contributed by atoms with E-state index in [4.69, 9.17) is 4.74 Å². The fraction of sp³-hybridized carbons (Fsp3) is 0.429. The standard InChI is InChI=1S/C21H23F3N6O4S/c1-13-15(19(31)28-35(32,33)16-12-25-29(3)14(16)2)4-5-17(26-13)30-10-6-18(27-30)34-11-9-20(7-8-20)21(22,23)24/h4-6,10,12H,7-9,11H2,1-3H3,(H,28,31). The smallest absolute Gasteiger partial charge is 0.394 e. The average molecular weight is 513 g/mol. The van der Waals surface area contributed by atoms with Crippen molar-refractivity contribution in [3.63, 3.8) is 0 Å². The lowest BCUT2D eigenvalue weighted by atomic mass is 10.0. The van der Waals surface area contributed by atoms with Gasteiger partial charge in [-0.05, 0) is 45.2 Å². The monoisotopic (exact) mass is 512 g/mol. The Bertz CT molecular complexity index is 1380. The van der Waals surface area contributed by atoms with Crippen LogP contribution < -0.4 is 9.46 Å². The molecule has 0 unspecified atom stereocenters. The van der Waals surface area contributed by atoms with Crippen molar-refractivity contribution in [2.75, 3.05) is 6.61 Å². The summed E-state index contributed by atoms with van der Waals surface area (Å²) in [7, 11) is -2.55. The molecule has 0 radical (unpaired) electrons. The molecular weight excluding hydrogens is 489 g/mol. The van der Waals surface area contributed by atoms with Gasteiger partial charge >= 0.3 is 6.18 Å². The number of nitrogens with zero attached hydrogens (tertiary/aromatic N) is 5. The summed E-state index contributed by atoms with van der Waals surface area (Å²) in [4.78, 5) is 16.8. The van der Waals surface area contributed by atoms with E-state index in [0.29, 0.717) is 11.5 Å². The second kappa shape index (κ2) is 8.66. The molecule has 14 heteroatoms. The van der Waals surface area contributed by atoms with Gasteiger partial charge in [0.25, 0.3) is 15.9 Å². The van der Waals surface area contributed by atoms with Gasteiger partial charge in [-0.2, -0.15) is 18.3 Å². The van der Waals surface area contributed by atoms with Crippen molar-refractivity contribution in [1.82, 2.24) is 29.3 Å². The Kier molecular flexibility index (Phi) is 6.11. The summed E-state index contributed by atoms with van der Waals surface area (Å²) in [5, 5.41) is 8.03. The lowest BCUT2D eigenvalue weighted by Crippen LogP contribution is -2.31. The zero-order chi connectivity index (χ0) is 25.6. The lowest BCUT2D eigenvalue weighted by molar-refractivity contribution is -0.190. The number of amides is 1. The highest BCUT2D eigenvalue weighted by Crippen LogP contribution is 2.59. The van der Waals surface area contributed by atoms with Crippen LogP contribution in [0.5, 0.6) is 5.88 Å². The summed E-state index contributed by atoms with van der Waals surface area (Å²) in [6, 6.07) is 4.36. The van der Waals surface area contributed by atoms with Gasteiger partial charge < -0.3 is 4.74 Å². The second-order valence-corrected chi connectivity index (χ2v) is 10.1. The molecule has 1 aliphatic rings. The number of aryl methyl sites for hydroxylation is 2. The number of halogens is 3. The summed E-state index contributed by atoms with van der Waals surface area (Å²) in [6.45, 7) is 2.98. The van der Waals surface area contributed by atoms with E-state index in [1.807, 2.05) is 4.72 Å². The molecule has 1 aliphatic carbocycles. The third-order valence-corrected chi connectivity index (χ3v) is 7.54. The summed E-state index contributed by atoms with van der Waals surface area (Å²) < 4.78 is 74.3. The SMILES string of the molecule is Cc1nc(-n2ccc(OCCC3(C(F)(F)F)CC3)n2)ccc1C(=O)NS(=O)(=O)c1cnn(C)c1C. The van der Waals surface area contributed by atoms with Gasteiger partial charge in [-0.25, -0.2) is 22.8 Å². The van der Waals surface area contributed by atoms with Crippen LogP contribution in [0.3, 0.4) is 0 Å². The van der Waals surface area contributed by atoms with Crippen LogP contribution >= 0.6 is 0 Å². The first-order chi connectivity index (χ1) is 16.3. The molecular formula is C21H23F3N6O4S. The molecule has 1 N–H and O–H groups in total. The molecule has 1 amide bonds. The van der Waals surface area contributed by atoms with Crippen molar-refractivity contribution in [2.45, 2.75) is 44.2 Å². The minimum atomic E-state index is -4.23. The van der Waals surface area contributed by atoms with E-state index >= 15 is 0 Å². The minimum Gasteiger partial charge on any atom is -0.477 e. The van der Waals surface area contributed by atoms with Crippen LogP contribution in [0.1, 0.15) is 41.0 Å². The van der Waals surface area contributed by atoms with E-state index in [-0.39, 0.29) is 47.9 Å². The van der Waals surface area contributed by atoms with Gasteiger partial charge in [0.2, 0.25) is 5.88 Å². The number of hydrogen-bond donors (Lipinski definition) is 1. The van der Waals surface area contributed by atoms with E-state index in [2.05, 4.69) is 15.2 Å². The fourth-order valence-corrected chi connectivity index (χ4v) is 4.75. The van der Waals surface area contributed by atoms with Crippen molar-refractivity contribution < 1.29 is 31.1 Å². The van der Waals surface area contributed by atoms with Gasteiger partial charge in [0.05, 0.1) is 35.2 Å². The van der Waals surface area contributed by atoms with Crippen molar-refractivity contribution >= 4 is 15.9 Å². The van der Waals surface area contributed by atoms with E-state index in [9.17, 15) is 26.4 Å². The van der Waals surface area contributed by atoms with E-state index in [0.717, 1.165) is 6.20 Å². The average Bonchev–Trinajstić information content (AvgIpc) is 3.29. The molecule has 35 heavy (non-hydrogen) atoms. The number of nitrogens with one attached hydrogen (secondary N) is 1. The molecule has 3 aromatic rings. The molecule has 188 valence electrons. The third-order valence-electron chi connectivity index (χ3n) is 6.11. The molecule has 0 aliphatic heterocycles. The number of rotatable bonds is 8. The second-order valence-electron chi connectivity index (χ2n) is 8.43. The van der Waals surface area contributed by atoms with Gasteiger partial charge in [0.1, 0.15) is 4.90 Å². The highest BCUT2D eigenvalue weighted by molar-refractivity contribution is 7.90. The first kappa shape index (κ1) is 24.7. The first-order valence-electron chi connectivity index (χ1n) is 10.6. The van der Waals surface area contributed by atoms with Gasteiger partial charge in [-0.1, -0.05) is 0 Å². The Morgan fingerprint density at radius 3 is 2.51 bits per heavy atom. The van der Waals surface area contributed by atoms with Gasteiger partial charge in [-0.15, -0.1) is 5.10 Å². The number of alkyl halides is 3. The molecule has 10 nitrogen and oxygen atoms in total. The molecule has 0 atom stereocenters. The highest BCUT2D eigenvalue weighted by atomic mass is 32.2. The molecule has 1 saturated carbocycles. The lowest BCUT2D eigenvalue weighted by Gasteiger charge is -2.18. The molecule has 0 aromatic carbocycles. The third kappa shape index (κ3) is 4.88. The van der Waals surface area contributed by atoms with Crippen LogP contribution in [0.2, 0.25) is 0 Å². The Morgan fingerprint density at radius 2 is 1.94 bits per heavy atom. The maximum Gasteiger partial charge on any atom is 0.394 e. The largest absolute Gasteiger partial charge is 0.477 e. The van der Waals surface area contributed by atoms with Crippen LogP contribution in [0, 0.1) is 19.3 Å². The molecule has 1 fully saturated rings. The minimum absolute atomic E-state index is 0.0457. The van der Waals surface area contributed by atoms with Crippen molar-refractivity contribution in [3.8, 4) is 11.7 Å². The van der Waals surface area contributed by atoms with Crippen molar-refractivity contribution in [3.05, 3.63) is 47.5 Å². The number of hydrogen-bond acceptors (Lipinski definition) is 7. The number of pyridine rings is 1. The van der Waals surface area contributed by atoms with Crippen LogP contribution in [0.25, 0.3) is 5.82 Å². The maximum absolute atomic E-state index is 13.0. The molecule has 0 spiro atoms. The Balaban J connectivity index is 1.42. The van der Waals surface area contributed by atoms with Crippen molar-refractivity contribution in [1.29, 1.82) is 0 Å². The normalized spacial score (nSPS) is 15.1. The molecule has 4 rings (SSSR count). The molecule has 0 bridgehead atoms. The zero-order valence-electron chi connectivity index (χ0n) is 19.1. The predicted octanol–water partition coefficient (Wildman–Crippen LogP) is 2.85. The number of aromatic nitrogens is 5. The number of carbonyl (C=O) groups is 1. The number of ether oxygens (including phenoxy) is 1. The summed E-state index contributed by atoms with van der Waals surface area (Å²) in [6.07, 6.45) is -1.47. The Morgan fingerprint density at radius 1 is 1.23 bits per heavy atom. The first-order valence-corrected chi connectivity index (χ1v) is 12.1. The predicted molar refractivity (Wildman–Crippen MR) is 117 cm³/mol. The number of sulfonamides is 1. The fourth-order valence-electron chi connectivity index (χ4n) is 3.58. The van der Waals surface area contributed by atoms with Crippen LogP contribution in [-0.2, 0) is 17.1 Å². The molecule has 3 aromatic heterocycles. The topological polar surface area (TPSA) is 121 Å². The summed E-state index contributed by atoms with van der Waals surface area (Å²) in [5.74, 6) is -0.399. The zero-order valence-corrected chi connectivity index (χ0v) is 19.9. The van der Waals surface area contributed by atoms with Crippen LogP contribution in [0.4, 0.5) is 13.2 Å².